The number of nitrogens with one attached hydrogen (secondary N) is 1. The quantitative estimate of drug-likeness (QED) is 0.369. The lowest BCUT2D eigenvalue weighted by Crippen LogP contribution is -2.17. The Morgan fingerprint density at radius 3 is 2.78 bits per heavy atom. The van der Waals surface area contributed by atoms with Crippen LogP contribution in [0.4, 0.5) is 0 Å². The summed E-state index contributed by atoms with van der Waals surface area (Å²) < 4.78 is 4.70. The molecular formula is C5H9NO3. The highest BCUT2D eigenvalue weighted by Gasteiger charge is 1.82. The Hall–Kier alpha value is -0.900. The number of carbonyl (C=O) groups excluding carboxylic acids is 2. The molecular weight excluding hydrogens is 122 g/mol. The van der Waals surface area contributed by atoms with Gasteiger partial charge in [-0.1, -0.05) is 0 Å². The summed E-state index contributed by atoms with van der Waals surface area (Å²) in [4.78, 5) is 19.2. The second-order valence-corrected chi connectivity index (χ2v) is 1.31. The molecule has 0 spiro atoms. The zero-order valence-corrected chi connectivity index (χ0v) is 5.00. The van der Waals surface area contributed by atoms with Crippen LogP contribution in [0.25, 0.3) is 0 Å². The molecule has 4 nitrogen and oxygen atoms in total. The van der Waals surface area contributed by atoms with Gasteiger partial charge in [-0.2, -0.15) is 0 Å². The predicted octanol–water partition coefficient (Wildman–Crippen LogP) is -1.05. The second-order valence-electron chi connectivity index (χ2n) is 1.31. The number of carbonyl (C=O) groups is 2. The summed E-state index contributed by atoms with van der Waals surface area (Å²) in [5.41, 5.74) is 0. The van der Waals surface area contributed by atoms with Gasteiger partial charge in [0.05, 0.1) is 6.61 Å². The van der Waals surface area contributed by atoms with Gasteiger partial charge in [0.15, 0.2) is 0 Å². The first-order valence-corrected chi connectivity index (χ1v) is 2.60. The lowest BCUT2D eigenvalue weighted by Gasteiger charge is -1.96. The first-order valence-electron chi connectivity index (χ1n) is 2.60. The number of hydrogen-bond donors (Lipinski definition) is 1. The number of rotatable bonds is 6. The summed E-state index contributed by atoms with van der Waals surface area (Å²) >= 11 is 0. The Morgan fingerprint density at radius 1 is 1.44 bits per heavy atom. The van der Waals surface area contributed by atoms with Crippen molar-refractivity contribution in [1.82, 2.24) is 5.32 Å². The van der Waals surface area contributed by atoms with E-state index in [0.29, 0.717) is 25.8 Å². The fraction of sp³-hybridized carbons (Fsp3) is 0.600. The van der Waals surface area contributed by atoms with Gasteiger partial charge in [-0.05, 0) is 0 Å². The van der Waals surface area contributed by atoms with Crippen molar-refractivity contribution in [3.63, 3.8) is 0 Å². The van der Waals surface area contributed by atoms with Crippen LogP contribution in [0, 0.1) is 0 Å². The molecule has 1 N–H and O–H groups in total. The average Bonchev–Trinajstić information content (AvgIpc) is 1.89. The third kappa shape index (κ3) is 7.10. The van der Waals surface area contributed by atoms with Crippen molar-refractivity contribution >= 4 is 12.7 Å². The lowest BCUT2D eigenvalue weighted by molar-refractivity contribution is -0.111. The van der Waals surface area contributed by atoms with Crippen molar-refractivity contribution in [1.29, 1.82) is 0 Å². The van der Waals surface area contributed by atoms with Crippen LogP contribution >= 0.6 is 0 Å². The summed E-state index contributed by atoms with van der Waals surface area (Å²) in [7, 11) is 0. The van der Waals surface area contributed by atoms with Crippen LogP contribution in [-0.2, 0) is 14.3 Å². The van der Waals surface area contributed by atoms with Crippen LogP contribution in [0.3, 0.4) is 0 Å². The van der Waals surface area contributed by atoms with Gasteiger partial charge in [-0.3, -0.25) is 4.79 Å². The molecule has 0 aromatic carbocycles. The number of aldehydes is 1. The van der Waals surface area contributed by atoms with Crippen molar-refractivity contribution < 1.29 is 14.3 Å². The Kier molecular flexibility index (Phi) is 6.39. The minimum atomic E-state index is 0.0978. The molecule has 0 aromatic rings. The monoisotopic (exact) mass is 131 g/mol. The largest absolute Gasteiger partial charge is 0.372 e. The maximum Gasteiger partial charge on any atom is 0.207 e. The Balaban J connectivity index is 2.74. The summed E-state index contributed by atoms with van der Waals surface area (Å²) in [6, 6.07) is 0. The van der Waals surface area contributed by atoms with E-state index in [-0.39, 0.29) is 6.61 Å². The van der Waals surface area contributed by atoms with Crippen LogP contribution < -0.4 is 5.32 Å². The van der Waals surface area contributed by atoms with Gasteiger partial charge < -0.3 is 14.8 Å². The highest BCUT2D eigenvalue weighted by molar-refractivity contribution is 5.50. The molecule has 9 heavy (non-hydrogen) atoms. The van der Waals surface area contributed by atoms with Gasteiger partial charge in [0.2, 0.25) is 6.41 Å². The molecule has 0 radical (unpaired) electrons. The van der Waals surface area contributed by atoms with Gasteiger partial charge >= 0.3 is 0 Å². The molecule has 4 heteroatoms. The molecule has 52 valence electrons. The van der Waals surface area contributed by atoms with E-state index in [1.165, 1.54) is 0 Å². The molecule has 0 saturated carbocycles. The minimum Gasteiger partial charge on any atom is -0.372 e. The normalized spacial score (nSPS) is 8.44. The topological polar surface area (TPSA) is 55.4 Å². The van der Waals surface area contributed by atoms with Crippen molar-refractivity contribution in [3.8, 4) is 0 Å². The molecule has 0 unspecified atom stereocenters. The Bertz CT molecular complexity index is 74.3. The molecule has 0 aliphatic heterocycles. The van der Waals surface area contributed by atoms with Gasteiger partial charge in [-0.15, -0.1) is 0 Å². The Labute approximate surface area is 53.2 Å². The minimum absolute atomic E-state index is 0.0978. The first kappa shape index (κ1) is 8.10. The van der Waals surface area contributed by atoms with Crippen molar-refractivity contribution in [2.24, 2.45) is 0 Å². The van der Waals surface area contributed by atoms with Gasteiger partial charge in [0, 0.05) is 6.54 Å². The maximum atomic E-state index is 9.62. The maximum absolute atomic E-state index is 9.62. The van der Waals surface area contributed by atoms with Crippen molar-refractivity contribution in [2.75, 3.05) is 19.8 Å². The van der Waals surface area contributed by atoms with Crippen LogP contribution in [0.1, 0.15) is 0 Å². The lowest BCUT2D eigenvalue weighted by atomic mass is 10.7. The summed E-state index contributed by atoms with van der Waals surface area (Å²) in [5, 5.41) is 2.39. The SMILES string of the molecule is O=CCOCCNC=O. The van der Waals surface area contributed by atoms with Crippen LogP contribution in [0.2, 0.25) is 0 Å². The van der Waals surface area contributed by atoms with E-state index in [2.05, 4.69) is 5.32 Å². The molecule has 0 aliphatic rings. The number of hydrogen-bond acceptors (Lipinski definition) is 3. The molecule has 0 bridgehead atoms. The zero-order chi connectivity index (χ0) is 6.95. The standard InChI is InChI=1S/C5H9NO3/c7-2-4-9-3-1-6-5-8/h2,5H,1,3-4H2,(H,6,8). The molecule has 1 amide bonds. The van der Waals surface area contributed by atoms with Gasteiger partial charge in [0.25, 0.3) is 0 Å². The summed E-state index contributed by atoms with van der Waals surface area (Å²) in [6.07, 6.45) is 1.26. The van der Waals surface area contributed by atoms with E-state index in [1.54, 1.807) is 0 Å². The average molecular weight is 131 g/mol. The van der Waals surface area contributed by atoms with Crippen LogP contribution in [-0.4, -0.2) is 32.5 Å². The van der Waals surface area contributed by atoms with E-state index >= 15 is 0 Å². The summed E-state index contributed by atoms with van der Waals surface area (Å²) in [5.74, 6) is 0. The second kappa shape index (κ2) is 7.10. The molecule has 0 atom stereocenters. The van der Waals surface area contributed by atoms with Crippen molar-refractivity contribution in [2.45, 2.75) is 0 Å². The molecule has 0 aromatic heterocycles. The van der Waals surface area contributed by atoms with Crippen LogP contribution in [0.5, 0.6) is 0 Å². The fourth-order valence-electron chi connectivity index (χ4n) is 0.321. The smallest absolute Gasteiger partial charge is 0.207 e. The van der Waals surface area contributed by atoms with E-state index < -0.39 is 0 Å². The number of ether oxygens (including phenoxy) is 1. The van der Waals surface area contributed by atoms with E-state index in [0.717, 1.165) is 0 Å². The third-order valence-corrected chi connectivity index (χ3v) is 0.660. The molecule has 0 rings (SSSR count). The molecule has 0 fully saturated rings. The zero-order valence-electron chi connectivity index (χ0n) is 5.00. The summed E-state index contributed by atoms with van der Waals surface area (Å²) in [6.45, 7) is 0.940. The van der Waals surface area contributed by atoms with E-state index in [9.17, 15) is 9.59 Å². The first-order chi connectivity index (χ1) is 4.41. The highest BCUT2D eigenvalue weighted by atomic mass is 16.5. The van der Waals surface area contributed by atoms with Crippen molar-refractivity contribution in [3.05, 3.63) is 0 Å². The Morgan fingerprint density at radius 2 is 2.22 bits per heavy atom. The predicted molar refractivity (Wildman–Crippen MR) is 30.9 cm³/mol. The third-order valence-electron chi connectivity index (χ3n) is 0.660. The van der Waals surface area contributed by atoms with Gasteiger partial charge in [-0.25, -0.2) is 0 Å². The highest BCUT2D eigenvalue weighted by Crippen LogP contribution is 1.66. The van der Waals surface area contributed by atoms with E-state index in [4.69, 9.17) is 4.74 Å². The molecule has 0 aliphatic carbocycles. The van der Waals surface area contributed by atoms with Crippen LogP contribution in [0.15, 0.2) is 0 Å². The number of amides is 1. The molecule has 0 heterocycles. The van der Waals surface area contributed by atoms with Gasteiger partial charge in [0.1, 0.15) is 12.9 Å². The van der Waals surface area contributed by atoms with E-state index in [1.807, 2.05) is 0 Å². The molecule has 0 saturated heterocycles. The fourth-order valence-corrected chi connectivity index (χ4v) is 0.321.